The third-order valence-electron chi connectivity index (χ3n) is 6.21. The van der Waals surface area contributed by atoms with Gasteiger partial charge in [-0.15, -0.1) is 0 Å². The highest BCUT2D eigenvalue weighted by molar-refractivity contribution is 7.89. The van der Waals surface area contributed by atoms with Gasteiger partial charge < -0.3 is 10.6 Å². The van der Waals surface area contributed by atoms with Crippen molar-refractivity contribution >= 4 is 32.6 Å². The summed E-state index contributed by atoms with van der Waals surface area (Å²) in [6, 6.07) is 17.1. The molecular weight excluding hydrogens is 464 g/mol. The van der Waals surface area contributed by atoms with Gasteiger partial charge in [-0.2, -0.15) is 9.57 Å². The number of likely N-dealkylation sites (N-methyl/N-ethyl adjacent to an activating group) is 1. The molecule has 35 heavy (non-hydrogen) atoms. The van der Waals surface area contributed by atoms with Gasteiger partial charge in [-0.05, 0) is 50.2 Å². The Hall–Kier alpha value is -3.52. The number of aromatic nitrogens is 1. The molecule has 1 atom stereocenters. The average molecular weight is 493 g/mol. The molecule has 2 amide bonds. The van der Waals surface area contributed by atoms with Gasteiger partial charge >= 0.3 is 6.03 Å². The minimum atomic E-state index is -3.70. The van der Waals surface area contributed by atoms with Crippen molar-refractivity contribution in [2.75, 3.05) is 38.5 Å². The monoisotopic (exact) mass is 492 g/mol. The lowest BCUT2D eigenvalue weighted by Crippen LogP contribution is -2.40. The normalized spacial score (nSPS) is 16.3. The summed E-state index contributed by atoms with van der Waals surface area (Å²) < 4.78 is 27.4. The van der Waals surface area contributed by atoms with Crippen molar-refractivity contribution in [2.45, 2.75) is 24.3 Å². The number of likely N-dealkylation sites (tertiary alicyclic amines) is 1. The SMILES string of the molecule is Cc1cc(NC(=O)NCCN2CCC(N(C)S(=O)(=O)c3cccc(C#N)c3)C2)c2ccccc2n1. The Morgan fingerprint density at radius 1 is 1.23 bits per heavy atom. The Balaban J connectivity index is 1.29. The molecule has 1 aliphatic rings. The number of nitrogens with zero attached hydrogens (tertiary/aromatic N) is 4. The average Bonchev–Trinajstić information content (AvgIpc) is 3.32. The molecule has 9 nitrogen and oxygen atoms in total. The summed E-state index contributed by atoms with van der Waals surface area (Å²) in [6.07, 6.45) is 0.697. The lowest BCUT2D eigenvalue weighted by atomic mass is 10.1. The summed E-state index contributed by atoms with van der Waals surface area (Å²) in [6.45, 7) is 4.24. The number of carbonyl (C=O) groups is 1. The summed E-state index contributed by atoms with van der Waals surface area (Å²) >= 11 is 0. The van der Waals surface area contributed by atoms with Gasteiger partial charge in [0.2, 0.25) is 10.0 Å². The zero-order valence-corrected chi connectivity index (χ0v) is 20.5. The van der Waals surface area contributed by atoms with E-state index in [1.165, 1.54) is 16.4 Å². The number of fused-ring (bicyclic) bond motifs is 1. The largest absolute Gasteiger partial charge is 0.337 e. The van der Waals surface area contributed by atoms with E-state index < -0.39 is 10.0 Å². The van der Waals surface area contributed by atoms with Crippen molar-refractivity contribution in [3.63, 3.8) is 0 Å². The third kappa shape index (κ3) is 5.59. The molecule has 2 heterocycles. The molecule has 0 radical (unpaired) electrons. The molecule has 1 unspecified atom stereocenters. The van der Waals surface area contributed by atoms with E-state index in [0.29, 0.717) is 37.3 Å². The standard InChI is InChI=1S/C25H28N6O3S/c1-18-14-24(22-8-3-4-9-23(22)28-18)29-25(32)27-11-13-31-12-10-20(17-31)30(2)35(33,34)21-7-5-6-19(15-21)16-26/h3-9,14-15,20H,10-13,17H2,1-2H3,(H2,27,28,29,32). The topological polar surface area (TPSA) is 118 Å². The van der Waals surface area contributed by atoms with Crippen LogP contribution in [0, 0.1) is 18.3 Å². The van der Waals surface area contributed by atoms with Gasteiger partial charge in [0.15, 0.2) is 0 Å². The van der Waals surface area contributed by atoms with Gasteiger partial charge in [-0.1, -0.05) is 24.3 Å². The van der Waals surface area contributed by atoms with Crippen LogP contribution in [0.4, 0.5) is 10.5 Å². The summed E-state index contributed by atoms with van der Waals surface area (Å²) in [5.41, 5.74) is 2.66. The number of urea groups is 1. The van der Waals surface area contributed by atoms with E-state index >= 15 is 0 Å². The fraction of sp³-hybridized carbons (Fsp3) is 0.320. The van der Waals surface area contributed by atoms with Crippen LogP contribution in [0.15, 0.2) is 59.5 Å². The summed E-state index contributed by atoms with van der Waals surface area (Å²) in [7, 11) is -2.12. The summed E-state index contributed by atoms with van der Waals surface area (Å²) in [5.74, 6) is 0. The molecule has 3 aromatic rings. The van der Waals surface area contributed by atoms with Crippen LogP contribution >= 0.6 is 0 Å². The fourth-order valence-electron chi connectivity index (χ4n) is 4.31. The number of aryl methyl sites for hydroxylation is 1. The predicted octanol–water partition coefficient (Wildman–Crippen LogP) is 2.93. The second-order valence-electron chi connectivity index (χ2n) is 8.61. The number of amides is 2. The number of para-hydroxylation sites is 1. The molecule has 1 aliphatic heterocycles. The van der Waals surface area contributed by atoms with Crippen LogP contribution in [-0.2, 0) is 10.0 Å². The van der Waals surface area contributed by atoms with Gasteiger partial charge in [0, 0.05) is 43.8 Å². The third-order valence-corrected chi connectivity index (χ3v) is 8.11. The highest BCUT2D eigenvalue weighted by atomic mass is 32.2. The second-order valence-corrected chi connectivity index (χ2v) is 10.6. The van der Waals surface area contributed by atoms with Crippen molar-refractivity contribution in [1.82, 2.24) is 19.5 Å². The van der Waals surface area contributed by atoms with Gasteiger partial charge in [-0.3, -0.25) is 9.88 Å². The molecule has 0 bridgehead atoms. The van der Waals surface area contributed by atoms with E-state index in [1.54, 1.807) is 19.2 Å². The van der Waals surface area contributed by atoms with Gasteiger partial charge in [0.05, 0.1) is 27.7 Å². The van der Waals surface area contributed by atoms with Crippen LogP contribution in [0.1, 0.15) is 17.7 Å². The van der Waals surface area contributed by atoms with Crippen LogP contribution in [0.3, 0.4) is 0 Å². The second kappa shape index (κ2) is 10.4. The number of benzene rings is 2. The number of nitriles is 1. The molecule has 4 rings (SSSR count). The Labute approximate surface area is 205 Å². The van der Waals surface area contributed by atoms with E-state index in [9.17, 15) is 13.2 Å². The summed E-state index contributed by atoms with van der Waals surface area (Å²) in [5, 5.41) is 15.7. The molecule has 1 fully saturated rings. The fourth-order valence-corrected chi connectivity index (χ4v) is 5.73. The molecule has 2 N–H and O–H groups in total. The smallest absolute Gasteiger partial charge is 0.319 e. The van der Waals surface area contributed by atoms with E-state index in [1.807, 2.05) is 43.3 Å². The Bertz CT molecular complexity index is 1390. The maximum atomic E-state index is 13.0. The van der Waals surface area contributed by atoms with Crippen molar-refractivity contribution in [1.29, 1.82) is 5.26 Å². The first-order valence-corrected chi connectivity index (χ1v) is 12.8. The van der Waals surface area contributed by atoms with Crippen LogP contribution < -0.4 is 10.6 Å². The molecule has 0 spiro atoms. The lowest BCUT2D eigenvalue weighted by Gasteiger charge is -2.24. The number of carbonyl (C=O) groups excluding carboxylic acids is 1. The zero-order valence-electron chi connectivity index (χ0n) is 19.7. The number of hydrogen-bond donors (Lipinski definition) is 2. The maximum absolute atomic E-state index is 13.0. The predicted molar refractivity (Wildman–Crippen MR) is 134 cm³/mol. The number of pyridine rings is 1. The van der Waals surface area contributed by atoms with Crippen molar-refractivity contribution in [3.8, 4) is 6.07 Å². The first-order valence-electron chi connectivity index (χ1n) is 11.4. The van der Waals surface area contributed by atoms with Gasteiger partial charge in [0.25, 0.3) is 0 Å². The van der Waals surface area contributed by atoms with Crippen molar-refractivity contribution < 1.29 is 13.2 Å². The Morgan fingerprint density at radius 2 is 2.03 bits per heavy atom. The summed E-state index contributed by atoms with van der Waals surface area (Å²) in [4.78, 5) is 19.2. The van der Waals surface area contributed by atoms with Crippen LogP contribution in [0.5, 0.6) is 0 Å². The molecular formula is C25H28N6O3S. The minimum Gasteiger partial charge on any atom is -0.337 e. The molecule has 1 saturated heterocycles. The number of rotatable bonds is 7. The Morgan fingerprint density at radius 3 is 2.83 bits per heavy atom. The van der Waals surface area contributed by atoms with Crippen molar-refractivity contribution in [2.24, 2.45) is 0 Å². The molecule has 182 valence electrons. The molecule has 1 aromatic heterocycles. The molecule has 0 aliphatic carbocycles. The highest BCUT2D eigenvalue weighted by Gasteiger charge is 2.33. The van der Waals surface area contributed by atoms with Gasteiger partial charge in [0.1, 0.15) is 0 Å². The maximum Gasteiger partial charge on any atom is 0.319 e. The zero-order chi connectivity index (χ0) is 25.0. The number of anilines is 1. The molecule has 2 aromatic carbocycles. The van der Waals surface area contributed by atoms with Crippen molar-refractivity contribution in [3.05, 3.63) is 65.9 Å². The van der Waals surface area contributed by atoms with E-state index in [2.05, 4.69) is 20.5 Å². The number of hydrogen-bond acceptors (Lipinski definition) is 6. The number of nitrogens with one attached hydrogen (secondary N) is 2. The first kappa shape index (κ1) is 24.6. The van der Waals surface area contributed by atoms with E-state index in [0.717, 1.165) is 23.1 Å². The first-order chi connectivity index (χ1) is 16.8. The van der Waals surface area contributed by atoms with Gasteiger partial charge in [-0.25, -0.2) is 13.2 Å². The minimum absolute atomic E-state index is 0.120. The van der Waals surface area contributed by atoms with E-state index in [4.69, 9.17) is 5.26 Å². The van der Waals surface area contributed by atoms with E-state index in [-0.39, 0.29) is 17.0 Å². The Kier molecular flexibility index (Phi) is 7.31. The lowest BCUT2D eigenvalue weighted by molar-refractivity contribution is 0.248. The highest BCUT2D eigenvalue weighted by Crippen LogP contribution is 2.24. The molecule has 0 saturated carbocycles. The van der Waals surface area contributed by atoms with Crippen LogP contribution in [0.2, 0.25) is 0 Å². The quantitative estimate of drug-likeness (QED) is 0.524. The molecule has 10 heteroatoms. The van der Waals surface area contributed by atoms with Crippen LogP contribution in [0.25, 0.3) is 10.9 Å². The number of sulfonamides is 1. The van der Waals surface area contributed by atoms with Crippen LogP contribution in [-0.4, -0.2) is 67.9 Å².